The minimum atomic E-state index is -5.17. The van der Waals surface area contributed by atoms with Gasteiger partial charge >= 0.3 is 16.7 Å². The van der Waals surface area contributed by atoms with Crippen LogP contribution >= 0.6 is 0 Å². The minimum absolute atomic E-state index is 0.250. The molecule has 1 N–H and O–H groups in total. The lowest BCUT2D eigenvalue weighted by atomic mass is 10.7. The number of ether oxygens (including phenoxy) is 1. The van der Waals surface area contributed by atoms with E-state index in [2.05, 4.69) is 9.68 Å². The second-order valence-corrected chi connectivity index (χ2v) is 3.16. The molecule has 0 aliphatic heterocycles. The summed E-state index contributed by atoms with van der Waals surface area (Å²) in [4.78, 5) is 2.38. The van der Waals surface area contributed by atoms with Crippen molar-refractivity contribution in [2.45, 2.75) is 19.5 Å². The highest BCUT2D eigenvalue weighted by molar-refractivity contribution is 7.80. The Kier molecular flexibility index (Phi) is 109. The van der Waals surface area contributed by atoms with Crippen molar-refractivity contribution in [2.75, 3.05) is 55.5 Å². The predicted molar refractivity (Wildman–Crippen MR) is 85.8 cm³/mol. The van der Waals surface area contributed by atoms with Gasteiger partial charge in [-0.1, -0.05) is 3.89 Å². The quantitative estimate of drug-likeness (QED) is 0.215. The van der Waals surface area contributed by atoms with Gasteiger partial charge in [-0.3, -0.25) is 17.7 Å². The summed E-state index contributed by atoms with van der Waals surface area (Å²) >= 11 is 0. The molecule has 0 aliphatic rings. The predicted octanol–water partition coefficient (Wildman–Crippen LogP) is 7.16. The van der Waals surface area contributed by atoms with Crippen LogP contribution in [0, 0.1) is 0 Å². The van der Waals surface area contributed by atoms with Gasteiger partial charge in [0.15, 0.2) is 6.86 Å². The third-order valence-electron chi connectivity index (χ3n) is 0.508. The highest BCUT2D eigenvalue weighted by atomic mass is 32.3. The first-order valence-electron chi connectivity index (χ1n) is 6.58. The van der Waals surface area contributed by atoms with Crippen molar-refractivity contribution in [3.8, 4) is 0 Å². The smallest absolute Gasteiger partial charge is 0.309 e. The number of hydrogen-bond donors (Lipinski definition) is 1. The highest BCUT2D eigenvalue weighted by Crippen LogP contribution is 2.23. The van der Waals surface area contributed by atoms with Gasteiger partial charge in [-0.2, -0.15) is 26.5 Å². The van der Waals surface area contributed by atoms with E-state index in [-0.39, 0.29) is 6.67 Å². The van der Waals surface area contributed by atoms with Gasteiger partial charge in [0.05, 0.1) is 21.0 Å². The third kappa shape index (κ3) is 361. The van der Waals surface area contributed by atoms with Crippen LogP contribution in [0.3, 0.4) is 0 Å². The number of rotatable bonds is 3. The van der Waals surface area contributed by atoms with E-state index in [4.69, 9.17) is 13.0 Å². The maximum atomic E-state index is 11.3. The van der Waals surface area contributed by atoms with Gasteiger partial charge in [0, 0.05) is 0 Å². The lowest BCUT2D eigenvalue weighted by Gasteiger charge is -2.09. The van der Waals surface area contributed by atoms with Crippen molar-refractivity contribution in [2.24, 2.45) is 0 Å². The van der Waals surface area contributed by atoms with Gasteiger partial charge < -0.3 is 4.74 Å². The third-order valence-corrected chi connectivity index (χ3v) is 0.508. The zero-order valence-corrected chi connectivity index (χ0v) is 18.1. The molecule has 0 saturated carbocycles. The van der Waals surface area contributed by atoms with E-state index in [1.54, 1.807) is 0 Å². The van der Waals surface area contributed by atoms with Gasteiger partial charge in [-0.25, -0.2) is 39.5 Å². The van der Waals surface area contributed by atoms with Crippen LogP contribution in [0.15, 0.2) is 0 Å². The molecule has 1 unspecified atom stereocenters. The first-order valence-corrected chi connectivity index (χ1v) is 7.92. The fourth-order valence-corrected chi connectivity index (χ4v) is 0.150. The van der Waals surface area contributed by atoms with E-state index in [0.29, 0.717) is 14.4 Å². The zero-order valence-electron chi connectivity index (χ0n) is 17.2. The van der Waals surface area contributed by atoms with Crippen molar-refractivity contribution in [3.05, 3.63) is 0 Å². The molecular formula is C11H23F17O5S. The Balaban J connectivity index is -0.0000000314. The molecule has 5 nitrogen and oxygen atoms in total. The largest absolute Gasteiger partial charge is 0.445 e. The van der Waals surface area contributed by atoms with Crippen LogP contribution < -0.4 is 0 Å². The molecule has 34 heavy (non-hydrogen) atoms. The molecule has 0 aliphatic carbocycles. The Morgan fingerprint density at radius 1 is 0.765 bits per heavy atom. The van der Waals surface area contributed by atoms with Gasteiger partial charge in [0.1, 0.15) is 0 Å². The molecule has 0 amide bonds. The van der Waals surface area contributed by atoms with Gasteiger partial charge in [0.2, 0.25) is 27.6 Å². The lowest BCUT2D eigenvalue weighted by molar-refractivity contribution is -0.273. The summed E-state index contributed by atoms with van der Waals surface area (Å²) in [6.45, 7) is -7.17. The molecule has 23 heteroatoms. The maximum absolute atomic E-state index is 11.3. The summed E-state index contributed by atoms with van der Waals surface area (Å²) in [5.41, 5.74) is 0. The molecule has 0 aromatic heterocycles. The average molecular weight is 590 g/mol. The second-order valence-electron chi connectivity index (χ2n) is 2.33. The summed E-state index contributed by atoms with van der Waals surface area (Å²) in [5.74, 6) is 0. The van der Waals surface area contributed by atoms with E-state index in [1.165, 1.54) is 6.92 Å². The zero-order chi connectivity index (χ0) is 30.2. The van der Waals surface area contributed by atoms with Crippen LogP contribution in [0.4, 0.5) is 74.3 Å². The van der Waals surface area contributed by atoms with E-state index >= 15 is 0 Å². The number of halogens is 17. The molecule has 0 aromatic rings. The van der Waals surface area contributed by atoms with Gasteiger partial charge in [-0.05, 0) is 11.4 Å². The Bertz CT molecular complexity index is 320. The number of hydrogen-bond acceptors (Lipinski definition) is 4. The molecule has 1 atom stereocenters. The van der Waals surface area contributed by atoms with E-state index in [1.807, 2.05) is 0 Å². The molecule has 0 heterocycles. The highest BCUT2D eigenvalue weighted by Gasteiger charge is 2.41. The average Bonchev–Trinajstić information content (AvgIpc) is 2.72. The Morgan fingerprint density at radius 2 is 0.912 bits per heavy atom. The minimum Gasteiger partial charge on any atom is -0.309 e. The van der Waals surface area contributed by atoms with Crippen molar-refractivity contribution in [1.82, 2.24) is 0 Å². The molecule has 0 bridgehead atoms. The topological polar surface area (TPSA) is 72.8 Å². The molecule has 0 aromatic carbocycles. The fourth-order valence-electron chi connectivity index (χ4n) is 0.150. The van der Waals surface area contributed by atoms with Gasteiger partial charge in [0.25, 0.3) is 6.36 Å². The summed E-state index contributed by atoms with van der Waals surface area (Å²) in [5, 5.41) is 0. The van der Waals surface area contributed by atoms with Crippen LogP contribution in [0.2, 0.25) is 0 Å². The molecule has 0 fully saturated rings. The van der Waals surface area contributed by atoms with E-state index in [9.17, 15) is 74.3 Å². The Morgan fingerprint density at radius 3 is 0.941 bits per heavy atom. The van der Waals surface area contributed by atoms with Gasteiger partial charge in [-0.15, -0.1) is 0 Å². The lowest BCUT2D eigenvalue weighted by Crippen LogP contribution is -2.26. The molecule has 0 spiro atoms. The molecule has 0 radical (unpaired) electrons. The monoisotopic (exact) mass is 590 g/mol. The number of alkyl halides is 15. The summed E-state index contributed by atoms with van der Waals surface area (Å²) in [6, 6.07) is 0. The van der Waals surface area contributed by atoms with Crippen LogP contribution in [-0.2, 0) is 20.2 Å². The van der Waals surface area contributed by atoms with Crippen molar-refractivity contribution < 1.29 is 96.9 Å². The van der Waals surface area contributed by atoms with E-state index < -0.39 is 57.5 Å². The molecule has 0 saturated heterocycles. The van der Waals surface area contributed by atoms with Crippen LogP contribution in [-0.4, -0.2) is 81.0 Å². The second kappa shape index (κ2) is 63.4. The summed E-state index contributed by atoms with van der Waals surface area (Å²) in [7, 11) is -4.17. The SMILES string of the molecule is CCF.CF.CF.FCF.FCF.FCF.FCOC(F)C(F)(F)F.FCOF.O=S(=O)(O)F. The Hall–Kier alpha value is -1.36. The first kappa shape index (κ1) is 58.5. The molecule has 222 valence electrons. The first-order chi connectivity index (χ1) is 15.6. The Labute approximate surface area is 183 Å². The van der Waals surface area contributed by atoms with Crippen LogP contribution in [0.1, 0.15) is 6.92 Å². The van der Waals surface area contributed by atoms with Crippen molar-refractivity contribution in [1.29, 1.82) is 0 Å². The van der Waals surface area contributed by atoms with E-state index in [0.717, 1.165) is 0 Å². The molecular weight excluding hydrogens is 567 g/mol. The maximum Gasteiger partial charge on any atom is 0.445 e. The molecule has 0 rings (SSSR count). The van der Waals surface area contributed by atoms with Crippen molar-refractivity contribution in [3.63, 3.8) is 0 Å². The normalized spacial score (nSPS) is 9.21. The fraction of sp³-hybridized carbons (Fsp3) is 1.00. The standard InChI is InChI=1S/C3H3F5O.C2H5F.CH2F2O.3CH2F2.2CH3F.FHO3S/c4-1-9-2(5)3(6,7)8;1-2-3;2-1-4-3;3*2-1-3;2*1-2;1-5(2,3)4/h2H,1H2;2H2,1H3;1H2;3*1H2;2*1H3;(H,2,3,4). The van der Waals surface area contributed by atoms with Crippen molar-refractivity contribution >= 4 is 10.5 Å². The summed E-state index contributed by atoms with van der Waals surface area (Å²) < 4.78 is 199. The van der Waals surface area contributed by atoms with Crippen LogP contribution in [0.5, 0.6) is 0 Å². The summed E-state index contributed by atoms with van der Waals surface area (Å²) in [6.07, 6.45) is -8.63. The van der Waals surface area contributed by atoms with Crippen LogP contribution in [0.25, 0.3) is 0 Å².